The van der Waals surface area contributed by atoms with E-state index in [0.717, 1.165) is 5.56 Å². The van der Waals surface area contributed by atoms with Crippen LogP contribution in [0.5, 0.6) is 0 Å². The molecule has 1 aromatic rings. The largest absolute Gasteiger partial charge is 0.478 e. The molecule has 0 spiro atoms. The molecule has 0 saturated carbocycles. The van der Waals surface area contributed by atoms with Gasteiger partial charge in [0.05, 0.1) is 11.7 Å². The van der Waals surface area contributed by atoms with Gasteiger partial charge in [0.15, 0.2) is 0 Å². The summed E-state index contributed by atoms with van der Waals surface area (Å²) < 4.78 is 0. The SMILES string of the molecule is C[C@@H]1C[C@H](O)CN(C(=O)NCc2cccc(C(=O)O)c2)C1. The van der Waals surface area contributed by atoms with Gasteiger partial charge in [-0.15, -0.1) is 0 Å². The molecule has 1 aliphatic rings. The molecule has 1 saturated heterocycles. The smallest absolute Gasteiger partial charge is 0.335 e. The summed E-state index contributed by atoms with van der Waals surface area (Å²) in [5, 5.41) is 21.4. The Kier molecular flexibility index (Phi) is 4.80. The minimum Gasteiger partial charge on any atom is -0.478 e. The molecule has 3 N–H and O–H groups in total. The van der Waals surface area contributed by atoms with E-state index < -0.39 is 12.1 Å². The van der Waals surface area contributed by atoms with Gasteiger partial charge in [-0.1, -0.05) is 19.1 Å². The number of likely N-dealkylation sites (tertiary alicyclic amines) is 1. The number of amides is 2. The molecule has 2 rings (SSSR count). The molecular weight excluding hydrogens is 272 g/mol. The highest BCUT2D eigenvalue weighted by atomic mass is 16.4. The van der Waals surface area contributed by atoms with Crippen LogP contribution in [0, 0.1) is 5.92 Å². The van der Waals surface area contributed by atoms with Crippen LogP contribution in [0.15, 0.2) is 24.3 Å². The molecule has 21 heavy (non-hydrogen) atoms. The minimum absolute atomic E-state index is 0.198. The number of carboxylic acids is 1. The van der Waals surface area contributed by atoms with Gasteiger partial charge in [-0.05, 0) is 30.0 Å². The van der Waals surface area contributed by atoms with Crippen molar-refractivity contribution < 1.29 is 19.8 Å². The molecule has 6 nitrogen and oxygen atoms in total. The Hall–Kier alpha value is -2.08. The fraction of sp³-hybridized carbons (Fsp3) is 0.467. The molecule has 0 radical (unpaired) electrons. The van der Waals surface area contributed by atoms with Gasteiger partial charge in [-0.25, -0.2) is 9.59 Å². The number of nitrogens with zero attached hydrogens (tertiary/aromatic N) is 1. The summed E-state index contributed by atoms with van der Waals surface area (Å²) in [6.45, 7) is 3.23. The third-order valence-electron chi connectivity index (χ3n) is 3.54. The number of aliphatic hydroxyl groups is 1. The fourth-order valence-electron chi connectivity index (χ4n) is 2.59. The summed E-state index contributed by atoms with van der Waals surface area (Å²) in [6.07, 6.45) is 0.236. The number of hydrogen-bond acceptors (Lipinski definition) is 3. The number of aliphatic hydroxyl groups excluding tert-OH is 1. The van der Waals surface area contributed by atoms with Crippen molar-refractivity contribution in [3.05, 3.63) is 35.4 Å². The van der Waals surface area contributed by atoms with Crippen molar-refractivity contribution in [3.63, 3.8) is 0 Å². The summed E-state index contributed by atoms with van der Waals surface area (Å²) in [5.41, 5.74) is 0.928. The summed E-state index contributed by atoms with van der Waals surface area (Å²) in [6, 6.07) is 6.23. The number of piperidine rings is 1. The first-order valence-electron chi connectivity index (χ1n) is 6.98. The first-order valence-corrected chi connectivity index (χ1v) is 6.98. The zero-order valence-electron chi connectivity index (χ0n) is 12.0. The lowest BCUT2D eigenvalue weighted by atomic mass is 9.98. The molecule has 6 heteroatoms. The van der Waals surface area contributed by atoms with Gasteiger partial charge in [-0.3, -0.25) is 0 Å². The summed E-state index contributed by atoms with van der Waals surface area (Å²) in [5.74, 6) is -0.717. The van der Waals surface area contributed by atoms with E-state index in [9.17, 15) is 14.7 Å². The van der Waals surface area contributed by atoms with E-state index in [2.05, 4.69) is 5.32 Å². The number of aromatic carboxylic acids is 1. The van der Waals surface area contributed by atoms with Crippen molar-refractivity contribution in [2.75, 3.05) is 13.1 Å². The van der Waals surface area contributed by atoms with Gasteiger partial charge in [-0.2, -0.15) is 0 Å². The normalized spacial score (nSPS) is 21.9. The summed E-state index contributed by atoms with van der Waals surface area (Å²) >= 11 is 0. The van der Waals surface area contributed by atoms with Gasteiger partial charge < -0.3 is 20.4 Å². The van der Waals surface area contributed by atoms with Crippen LogP contribution < -0.4 is 5.32 Å². The van der Waals surface area contributed by atoms with Crippen LogP contribution in [0.25, 0.3) is 0 Å². The van der Waals surface area contributed by atoms with Crippen molar-refractivity contribution in [1.29, 1.82) is 0 Å². The Bertz CT molecular complexity index is 522. The third-order valence-corrected chi connectivity index (χ3v) is 3.54. The summed E-state index contributed by atoms with van der Waals surface area (Å²) in [4.78, 5) is 24.6. The first kappa shape index (κ1) is 15.3. The number of carboxylic acid groups (broad SMARTS) is 1. The van der Waals surface area contributed by atoms with E-state index in [-0.39, 0.29) is 24.1 Å². The van der Waals surface area contributed by atoms with Crippen LogP contribution in [0.4, 0.5) is 4.79 Å². The number of urea groups is 1. The van der Waals surface area contributed by atoms with E-state index in [0.29, 0.717) is 19.5 Å². The van der Waals surface area contributed by atoms with Gasteiger partial charge in [0.2, 0.25) is 0 Å². The average molecular weight is 292 g/mol. The number of β-amino-alcohol motifs (C(OH)–C–C–N with tert-alkyl or cyclic N) is 1. The van der Waals surface area contributed by atoms with Crippen molar-refractivity contribution in [2.45, 2.75) is 26.0 Å². The maximum Gasteiger partial charge on any atom is 0.335 e. The van der Waals surface area contributed by atoms with Gasteiger partial charge in [0, 0.05) is 19.6 Å². The second-order valence-corrected chi connectivity index (χ2v) is 5.56. The number of carbonyl (C=O) groups is 2. The predicted octanol–water partition coefficient (Wildman–Crippen LogP) is 1.30. The van der Waals surface area contributed by atoms with Crippen LogP contribution in [-0.4, -0.2) is 46.3 Å². The molecule has 2 amide bonds. The van der Waals surface area contributed by atoms with Gasteiger partial charge >= 0.3 is 12.0 Å². The van der Waals surface area contributed by atoms with Crippen LogP contribution in [-0.2, 0) is 6.54 Å². The summed E-state index contributed by atoms with van der Waals surface area (Å²) in [7, 11) is 0. The monoisotopic (exact) mass is 292 g/mol. The lowest BCUT2D eigenvalue weighted by molar-refractivity contribution is 0.0603. The standard InChI is InChI=1S/C15H20N2O4/c1-10-5-13(18)9-17(8-10)15(21)16-7-11-3-2-4-12(6-11)14(19)20/h2-4,6,10,13,18H,5,7-9H2,1H3,(H,16,21)(H,19,20)/t10-,13+/m1/s1. The minimum atomic E-state index is -0.990. The Labute approximate surface area is 123 Å². The average Bonchev–Trinajstić information content (AvgIpc) is 2.44. The van der Waals surface area contributed by atoms with Crippen molar-refractivity contribution in [1.82, 2.24) is 10.2 Å². The number of nitrogens with one attached hydrogen (secondary N) is 1. The second kappa shape index (κ2) is 6.58. The third kappa shape index (κ3) is 4.19. The first-order chi connectivity index (χ1) is 9.95. The Balaban J connectivity index is 1.92. The van der Waals surface area contributed by atoms with E-state index in [1.165, 1.54) is 12.1 Å². The molecule has 1 aromatic carbocycles. The molecule has 0 aromatic heterocycles. The molecule has 1 heterocycles. The van der Waals surface area contributed by atoms with E-state index >= 15 is 0 Å². The molecule has 1 fully saturated rings. The van der Waals surface area contributed by atoms with Crippen LogP contribution in [0.1, 0.15) is 29.3 Å². The second-order valence-electron chi connectivity index (χ2n) is 5.56. The topological polar surface area (TPSA) is 89.9 Å². The quantitative estimate of drug-likeness (QED) is 0.783. The Morgan fingerprint density at radius 3 is 2.81 bits per heavy atom. The maximum absolute atomic E-state index is 12.1. The van der Waals surface area contributed by atoms with E-state index in [1.807, 2.05) is 6.92 Å². The zero-order chi connectivity index (χ0) is 15.4. The fourth-order valence-corrected chi connectivity index (χ4v) is 2.59. The molecule has 114 valence electrons. The molecule has 0 unspecified atom stereocenters. The van der Waals surface area contributed by atoms with Crippen LogP contribution in [0.3, 0.4) is 0 Å². The highest BCUT2D eigenvalue weighted by molar-refractivity contribution is 5.87. The lowest BCUT2D eigenvalue weighted by Crippen LogP contribution is -2.49. The van der Waals surface area contributed by atoms with Crippen LogP contribution >= 0.6 is 0 Å². The van der Waals surface area contributed by atoms with E-state index in [4.69, 9.17) is 5.11 Å². The number of benzene rings is 1. The molecule has 2 atom stereocenters. The highest BCUT2D eigenvalue weighted by Gasteiger charge is 2.26. The Morgan fingerprint density at radius 2 is 2.14 bits per heavy atom. The zero-order valence-corrected chi connectivity index (χ0v) is 12.0. The van der Waals surface area contributed by atoms with Gasteiger partial charge in [0.25, 0.3) is 0 Å². The lowest BCUT2D eigenvalue weighted by Gasteiger charge is -2.34. The van der Waals surface area contributed by atoms with Crippen molar-refractivity contribution in [2.24, 2.45) is 5.92 Å². The number of carbonyl (C=O) groups excluding carboxylic acids is 1. The Morgan fingerprint density at radius 1 is 1.38 bits per heavy atom. The van der Waals surface area contributed by atoms with Crippen LogP contribution in [0.2, 0.25) is 0 Å². The molecular formula is C15H20N2O4. The highest BCUT2D eigenvalue weighted by Crippen LogP contribution is 2.16. The van der Waals surface area contributed by atoms with Gasteiger partial charge in [0.1, 0.15) is 0 Å². The predicted molar refractivity (Wildman–Crippen MR) is 77.0 cm³/mol. The van der Waals surface area contributed by atoms with E-state index in [1.54, 1.807) is 17.0 Å². The van der Waals surface area contributed by atoms with Crippen molar-refractivity contribution >= 4 is 12.0 Å². The molecule has 0 aliphatic carbocycles. The molecule has 0 bridgehead atoms. The van der Waals surface area contributed by atoms with Crippen molar-refractivity contribution in [3.8, 4) is 0 Å². The number of hydrogen-bond donors (Lipinski definition) is 3. The maximum atomic E-state index is 12.1. The molecule has 1 aliphatic heterocycles. The number of rotatable bonds is 3.